The summed E-state index contributed by atoms with van der Waals surface area (Å²) in [5.74, 6) is 2.61. The molecule has 0 radical (unpaired) electrons. The van der Waals surface area contributed by atoms with E-state index in [0.29, 0.717) is 11.8 Å². The van der Waals surface area contributed by atoms with E-state index in [0.717, 1.165) is 29.9 Å². The Bertz CT molecular complexity index is 677. The number of amides is 2. The highest BCUT2D eigenvalue weighted by molar-refractivity contribution is 5.88. The van der Waals surface area contributed by atoms with E-state index in [-0.39, 0.29) is 17.7 Å². The Labute approximate surface area is 168 Å². The van der Waals surface area contributed by atoms with Crippen LogP contribution in [0.5, 0.6) is 0 Å². The summed E-state index contributed by atoms with van der Waals surface area (Å²) in [6.07, 6.45) is 8.41. The van der Waals surface area contributed by atoms with Crippen LogP contribution in [-0.2, 0) is 16.0 Å². The zero-order chi connectivity index (χ0) is 19.7. The Kier molecular flexibility index (Phi) is 5.48. The lowest BCUT2D eigenvalue weighted by atomic mass is 9.49. The van der Waals surface area contributed by atoms with Crippen molar-refractivity contribution in [3.05, 3.63) is 35.9 Å². The average Bonchev–Trinajstić information content (AvgIpc) is 2.64. The molecule has 0 aliphatic heterocycles. The van der Waals surface area contributed by atoms with E-state index in [1.54, 1.807) is 0 Å². The topological polar surface area (TPSA) is 58.2 Å². The molecule has 1 aromatic rings. The number of rotatable bonds is 7. The minimum atomic E-state index is -0.467. The predicted molar refractivity (Wildman–Crippen MR) is 111 cm³/mol. The van der Waals surface area contributed by atoms with Gasteiger partial charge in [0.2, 0.25) is 11.8 Å². The van der Waals surface area contributed by atoms with Crippen molar-refractivity contribution in [3.63, 3.8) is 0 Å². The van der Waals surface area contributed by atoms with Gasteiger partial charge in [-0.05, 0) is 73.2 Å². The van der Waals surface area contributed by atoms with Gasteiger partial charge in [0, 0.05) is 6.54 Å². The van der Waals surface area contributed by atoms with Crippen LogP contribution in [0.1, 0.15) is 57.9 Å². The molecule has 1 unspecified atom stereocenters. The van der Waals surface area contributed by atoms with E-state index in [1.165, 1.54) is 38.5 Å². The van der Waals surface area contributed by atoms with E-state index >= 15 is 0 Å². The van der Waals surface area contributed by atoms with Crippen LogP contribution in [0.25, 0.3) is 0 Å². The number of benzene rings is 1. The van der Waals surface area contributed by atoms with Crippen LogP contribution in [0.4, 0.5) is 0 Å². The predicted octanol–water partition coefficient (Wildman–Crippen LogP) is 3.70. The van der Waals surface area contributed by atoms with Crippen molar-refractivity contribution in [3.8, 4) is 0 Å². The fourth-order valence-electron chi connectivity index (χ4n) is 6.43. The highest BCUT2D eigenvalue weighted by Gasteiger charge is 2.50. The Morgan fingerprint density at radius 3 is 2.11 bits per heavy atom. The second kappa shape index (κ2) is 7.88. The maximum Gasteiger partial charge on any atom is 0.242 e. The standard InChI is InChI=1S/C24H34N2O2/c1-16(2)22(26-21(27)11-17-6-4-3-5-7-17)23(28)25-15-24-12-18-8-19(13-24)10-20(9-18)14-24/h3-7,16,18-20,22H,8-15H2,1-2H3,(H,25,28)(H,26,27). The Balaban J connectivity index is 1.33. The molecule has 1 aromatic carbocycles. The fraction of sp³-hybridized carbons (Fsp3) is 0.667. The van der Waals surface area contributed by atoms with Gasteiger partial charge in [-0.25, -0.2) is 0 Å². The van der Waals surface area contributed by atoms with Crippen LogP contribution in [0.15, 0.2) is 30.3 Å². The van der Waals surface area contributed by atoms with Gasteiger partial charge in [0.05, 0.1) is 6.42 Å². The molecular weight excluding hydrogens is 348 g/mol. The summed E-state index contributed by atoms with van der Waals surface area (Å²) >= 11 is 0. The molecule has 4 nitrogen and oxygen atoms in total. The summed E-state index contributed by atoms with van der Waals surface area (Å²) in [6.45, 7) is 4.78. The molecule has 2 N–H and O–H groups in total. The maximum absolute atomic E-state index is 12.9. The Morgan fingerprint density at radius 2 is 1.57 bits per heavy atom. The van der Waals surface area contributed by atoms with Crippen molar-refractivity contribution in [1.29, 1.82) is 0 Å². The van der Waals surface area contributed by atoms with Gasteiger partial charge >= 0.3 is 0 Å². The van der Waals surface area contributed by atoms with Gasteiger partial charge in [0.25, 0.3) is 0 Å². The summed E-state index contributed by atoms with van der Waals surface area (Å²) in [5.41, 5.74) is 1.29. The van der Waals surface area contributed by atoms with Gasteiger partial charge in [-0.2, -0.15) is 0 Å². The molecule has 152 valence electrons. The number of hydrogen-bond donors (Lipinski definition) is 2. The largest absolute Gasteiger partial charge is 0.354 e. The molecular formula is C24H34N2O2. The molecule has 4 aliphatic carbocycles. The van der Waals surface area contributed by atoms with Crippen molar-refractivity contribution < 1.29 is 9.59 Å². The van der Waals surface area contributed by atoms with Crippen molar-refractivity contribution >= 4 is 11.8 Å². The summed E-state index contributed by atoms with van der Waals surface area (Å²) < 4.78 is 0. The third-order valence-corrected chi connectivity index (χ3v) is 7.28. The summed E-state index contributed by atoms with van der Waals surface area (Å²) in [5, 5.41) is 6.21. The van der Waals surface area contributed by atoms with Crippen LogP contribution in [0.2, 0.25) is 0 Å². The van der Waals surface area contributed by atoms with Crippen LogP contribution in [-0.4, -0.2) is 24.4 Å². The minimum Gasteiger partial charge on any atom is -0.354 e. The first kappa shape index (κ1) is 19.5. The van der Waals surface area contributed by atoms with Gasteiger partial charge in [-0.3, -0.25) is 9.59 Å². The molecule has 4 heteroatoms. The van der Waals surface area contributed by atoms with Gasteiger partial charge in [0.1, 0.15) is 6.04 Å². The Hall–Kier alpha value is -1.84. The summed E-state index contributed by atoms with van der Waals surface area (Å²) in [4.78, 5) is 25.4. The zero-order valence-corrected chi connectivity index (χ0v) is 17.2. The first-order valence-corrected chi connectivity index (χ1v) is 11.0. The summed E-state index contributed by atoms with van der Waals surface area (Å²) in [7, 11) is 0. The third kappa shape index (κ3) is 4.26. The van der Waals surface area contributed by atoms with Gasteiger partial charge in [-0.15, -0.1) is 0 Å². The first-order chi connectivity index (χ1) is 13.4. The molecule has 2 amide bonds. The number of hydrogen-bond acceptors (Lipinski definition) is 2. The molecule has 0 heterocycles. The lowest BCUT2D eigenvalue weighted by Gasteiger charge is -2.57. The van der Waals surface area contributed by atoms with Gasteiger partial charge < -0.3 is 10.6 Å². The highest BCUT2D eigenvalue weighted by Crippen LogP contribution is 2.59. The highest BCUT2D eigenvalue weighted by atomic mass is 16.2. The first-order valence-electron chi connectivity index (χ1n) is 11.0. The SMILES string of the molecule is CC(C)C(NC(=O)Cc1ccccc1)C(=O)NCC12CC3CC(CC(C3)C1)C2. The van der Waals surface area contributed by atoms with E-state index in [4.69, 9.17) is 0 Å². The molecule has 4 bridgehead atoms. The molecule has 4 aliphatic rings. The quantitative estimate of drug-likeness (QED) is 0.755. The van der Waals surface area contributed by atoms with E-state index in [1.807, 2.05) is 44.2 Å². The van der Waals surface area contributed by atoms with Crippen LogP contribution in [0, 0.1) is 29.1 Å². The third-order valence-electron chi connectivity index (χ3n) is 7.28. The molecule has 4 saturated carbocycles. The zero-order valence-electron chi connectivity index (χ0n) is 17.2. The Morgan fingerprint density at radius 1 is 1.00 bits per heavy atom. The molecule has 0 saturated heterocycles. The van der Waals surface area contributed by atoms with E-state index in [9.17, 15) is 9.59 Å². The molecule has 0 aromatic heterocycles. The molecule has 1 atom stereocenters. The smallest absolute Gasteiger partial charge is 0.242 e. The van der Waals surface area contributed by atoms with Crippen molar-refractivity contribution in [2.24, 2.45) is 29.1 Å². The molecule has 5 rings (SSSR count). The minimum absolute atomic E-state index is 0.0212. The lowest BCUT2D eigenvalue weighted by Crippen LogP contribution is -2.55. The van der Waals surface area contributed by atoms with Crippen molar-refractivity contribution in [2.45, 2.75) is 64.8 Å². The number of nitrogens with one attached hydrogen (secondary N) is 2. The van der Waals surface area contributed by atoms with Crippen LogP contribution >= 0.6 is 0 Å². The second-order valence-corrected chi connectivity index (χ2v) is 10.1. The average molecular weight is 383 g/mol. The molecule has 28 heavy (non-hydrogen) atoms. The monoisotopic (exact) mass is 382 g/mol. The second-order valence-electron chi connectivity index (χ2n) is 10.1. The maximum atomic E-state index is 12.9. The van der Waals surface area contributed by atoms with Crippen LogP contribution in [0.3, 0.4) is 0 Å². The van der Waals surface area contributed by atoms with Gasteiger partial charge in [-0.1, -0.05) is 44.2 Å². The van der Waals surface area contributed by atoms with E-state index < -0.39 is 6.04 Å². The number of carbonyl (C=O) groups is 2. The number of carbonyl (C=O) groups excluding carboxylic acids is 2. The van der Waals surface area contributed by atoms with Crippen molar-refractivity contribution in [2.75, 3.05) is 6.54 Å². The van der Waals surface area contributed by atoms with Crippen molar-refractivity contribution in [1.82, 2.24) is 10.6 Å². The van der Waals surface area contributed by atoms with Gasteiger partial charge in [0.15, 0.2) is 0 Å². The fourth-order valence-corrected chi connectivity index (χ4v) is 6.43. The van der Waals surface area contributed by atoms with Crippen LogP contribution < -0.4 is 10.6 Å². The summed E-state index contributed by atoms with van der Waals surface area (Å²) in [6, 6.07) is 9.22. The lowest BCUT2D eigenvalue weighted by molar-refractivity contribution is -0.131. The van der Waals surface area contributed by atoms with E-state index in [2.05, 4.69) is 10.6 Å². The molecule has 0 spiro atoms. The molecule has 4 fully saturated rings. The normalized spacial score (nSPS) is 31.6.